The fraction of sp³-hybridized carbons (Fsp3) is 0.714. The third kappa shape index (κ3) is 2.08. The van der Waals surface area contributed by atoms with Crippen LogP contribution in [0.2, 0.25) is 5.15 Å². The molecule has 3 atom stereocenters. The Bertz CT molecular complexity index is 430. The average Bonchev–Trinajstić information content (AvgIpc) is 2.89. The Labute approximate surface area is 108 Å². The van der Waals surface area contributed by atoms with Gasteiger partial charge in [-0.05, 0) is 43.1 Å². The largest absolute Gasteiger partial charge is 0.237 e. The van der Waals surface area contributed by atoms with E-state index in [0.29, 0.717) is 17.0 Å². The zero-order chi connectivity index (χ0) is 12.0. The van der Waals surface area contributed by atoms with Gasteiger partial charge in [0.15, 0.2) is 0 Å². The smallest absolute Gasteiger partial charge is 0.133 e. The highest BCUT2D eigenvalue weighted by Gasteiger charge is 2.41. The van der Waals surface area contributed by atoms with Crippen LogP contribution >= 0.6 is 11.6 Å². The lowest BCUT2D eigenvalue weighted by Gasteiger charge is -2.21. The van der Waals surface area contributed by atoms with E-state index in [1.54, 1.807) is 0 Å². The van der Waals surface area contributed by atoms with Crippen molar-refractivity contribution in [2.45, 2.75) is 51.4 Å². The van der Waals surface area contributed by atoms with E-state index in [0.717, 1.165) is 23.4 Å². The van der Waals surface area contributed by atoms with Crippen LogP contribution < -0.4 is 0 Å². The molecule has 0 spiro atoms. The third-order valence-corrected chi connectivity index (χ3v) is 4.59. The van der Waals surface area contributed by atoms with E-state index >= 15 is 0 Å². The summed E-state index contributed by atoms with van der Waals surface area (Å²) in [6.45, 7) is 4.31. The third-order valence-electron chi connectivity index (χ3n) is 4.39. The Kier molecular flexibility index (Phi) is 2.86. The van der Waals surface area contributed by atoms with Gasteiger partial charge in [0.05, 0.1) is 0 Å². The molecule has 92 valence electrons. The summed E-state index contributed by atoms with van der Waals surface area (Å²) in [5, 5.41) is 0.612. The SMILES string of the molecule is CC(C)c1cc(Cl)nc(C2CC3CCC2C3)n1. The van der Waals surface area contributed by atoms with Crippen LogP contribution in [0.1, 0.15) is 62.9 Å². The molecule has 3 heteroatoms. The van der Waals surface area contributed by atoms with Crippen molar-refractivity contribution < 1.29 is 0 Å². The lowest BCUT2D eigenvalue weighted by Crippen LogP contribution is -2.13. The molecule has 2 aliphatic rings. The van der Waals surface area contributed by atoms with Crippen molar-refractivity contribution >= 4 is 11.6 Å². The second-order valence-electron chi connectivity index (χ2n) is 5.91. The van der Waals surface area contributed by atoms with Gasteiger partial charge in [-0.15, -0.1) is 0 Å². The molecular weight excluding hydrogens is 232 g/mol. The molecule has 2 nitrogen and oxygen atoms in total. The van der Waals surface area contributed by atoms with Gasteiger partial charge in [0.1, 0.15) is 11.0 Å². The number of halogens is 1. The summed E-state index contributed by atoms with van der Waals surface area (Å²) in [6.07, 6.45) is 5.45. The molecule has 0 aromatic carbocycles. The van der Waals surface area contributed by atoms with Crippen LogP contribution in [0.25, 0.3) is 0 Å². The number of aromatic nitrogens is 2. The molecular formula is C14H19ClN2. The summed E-state index contributed by atoms with van der Waals surface area (Å²) in [5.74, 6) is 3.75. The van der Waals surface area contributed by atoms with E-state index in [-0.39, 0.29) is 0 Å². The summed E-state index contributed by atoms with van der Waals surface area (Å²) < 4.78 is 0. The predicted octanol–water partition coefficient (Wildman–Crippen LogP) is 4.16. The second kappa shape index (κ2) is 4.24. The van der Waals surface area contributed by atoms with Crippen LogP contribution in [-0.4, -0.2) is 9.97 Å². The van der Waals surface area contributed by atoms with E-state index in [1.807, 2.05) is 6.07 Å². The van der Waals surface area contributed by atoms with Crippen molar-refractivity contribution in [3.63, 3.8) is 0 Å². The first-order chi connectivity index (χ1) is 8.13. The highest BCUT2D eigenvalue weighted by molar-refractivity contribution is 6.29. The van der Waals surface area contributed by atoms with E-state index in [1.165, 1.54) is 25.7 Å². The minimum Gasteiger partial charge on any atom is -0.237 e. The van der Waals surface area contributed by atoms with Crippen LogP contribution in [0.15, 0.2) is 6.07 Å². The summed E-state index contributed by atoms with van der Waals surface area (Å²) >= 11 is 6.12. The lowest BCUT2D eigenvalue weighted by atomic mass is 9.88. The average molecular weight is 251 g/mol. The molecule has 1 heterocycles. The molecule has 1 aromatic heterocycles. The molecule has 0 saturated heterocycles. The van der Waals surface area contributed by atoms with Gasteiger partial charge in [-0.25, -0.2) is 9.97 Å². The fourth-order valence-electron chi connectivity index (χ4n) is 3.48. The Morgan fingerprint density at radius 1 is 1.24 bits per heavy atom. The molecule has 3 rings (SSSR count). The Hall–Kier alpha value is -0.630. The molecule has 0 radical (unpaired) electrons. The minimum absolute atomic E-state index is 0.424. The number of nitrogens with zero attached hydrogens (tertiary/aromatic N) is 2. The van der Waals surface area contributed by atoms with E-state index in [9.17, 15) is 0 Å². The van der Waals surface area contributed by atoms with Crippen LogP contribution in [0.4, 0.5) is 0 Å². The monoisotopic (exact) mass is 250 g/mol. The zero-order valence-corrected chi connectivity index (χ0v) is 11.2. The second-order valence-corrected chi connectivity index (χ2v) is 6.30. The van der Waals surface area contributed by atoms with Gasteiger partial charge < -0.3 is 0 Å². The van der Waals surface area contributed by atoms with Crippen molar-refractivity contribution in [1.82, 2.24) is 9.97 Å². The molecule has 2 bridgehead atoms. The molecule has 2 aliphatic carbocycles. The first-order valence-electron chi connectivity index (χ1n) is 6.68. The van der Waals surface area contributed by atoms with Gasteiger partial charge in [0, 0.05) is 11.6 Å². The van der Waals surface area contributed by atoms with E-state index in [2.05, 4.69) is 18.8 Å². The molecule has 2 fully saturated rings. The Morgan fingerprint density at radius 3 is 2.65 bits per heavy atom. The molecule has 17 heavy (non-hydrogen) atoms. The van der Waals surface area contributed by atoms with Crippen LogP contribution in [-0.2, 0) is 0 Å². The Morgan fingerprint density at radius 2 is 2.06 bits per heavy atom. The van der Waals surface area contributed by atoms with Gasteiger partial charge in [-0.1, -0.05) is 31.9 Å². The van der Waals surface area contributed by atoms with E-state index < -0.39 is 0 Å². The minimum atomic E-state index is 0.424. The van der Waals surface area contributed by atoms with Gasteiger partial charge in [0.2, 0.25) is 0 Å². The van der Waals surface area contributed by atoms with Gasteiger partial charge in [-0.3, -0.25) is 0 Å². The van der Waals surface area contributed by atoms with Crippen molar-refractivity contribution in [3.8, 4) is 0 Å². The van der Waals surface area contributed by atoms with Crippen molar-refractivity contribution in [2.24, 2.45) is 11.8 Å². The number of rotatable bonds is 2. The Balaban J connectivity index is 1.92. The van der Waals surface area contributed by atoms with Gasteiger partial charge in [-0.2, -0.15) is 0 Å². The van der Waals surface area contributed by atoms with Gasteiger partial charge >= 0.3 is 0 Å². The summed E-state index contributed by atoms with van der Waals surface area (Å²) in [7, 11) is 0. The number of hydrogen-bond acceptors (Lipinski definition) is 2. The first kappa shape index (κ1) is 11.5. The fourth-order valence-corrected chi connectivity index (χ4v) is 3.67. The summed E-state index contributed by atoms with van der Waals surface area (Å²) in [6, 6.07) is 1.91. The first-order valence-corrected chi connectivity index (χ1v) is 7.05. The van der Waals surface area contributed by atoms with Crippen molar-refractivity contribution in [1.29, 1.82) is 0 Å². The highest BCUT2D eigenvalue weighted by Crippen LogP contribution is 2.52. The van der Waals surface area contributed by atoms with Crippen molar-refractivity contribution in [2.75, 3.05) is 0 Å². The summed E-state index contributed by atoms with van der Waals surface area (Å²) in [5.41, 5.74) is 1.09. The molecule has 0 aliphatic heterocycles. The van der Waals surface area contributed by atoms with E-state index in [4.69, 9.17) is 16.6 Å². The van der Waals surface area contributed by atoms with Gasteiger partial charge in [0.25, 0.3) is 0 Å². The number of hydrogen-bond donors (Lipinski definition) is 0. The zero-order valence-electron chi connectivity index (χ0n) is 10.5. The maximum Gasteiger partial charge on any atom is 0.133 e. The quantitative estimate of drug-likeness (QED) is 0.737. The maximum absolute atomic E-state index is 6.12. The highest BCUT2D eigenvalue weighted by atomic mass is 35.5. The van der Waals surface area contributed by atoms with Crippen LogP contribution in [0.3, 0.4) is 0 Å². The lowest BCUT2D eigenvalue weighted by molar-refractivity contribution is 0.404. The molecule has 0 amide bonds. The number of fused-ring (bicyclic) bond motifs is 2. The normalized spacial score (nSPS) is 31.4. The molecule has 3 unspecified atom stereocenters. The maximum atomic E-state index is 6.12. The standard InChI is InChI=1S/C14H19ClN2/c1-8(2)12-7-13(15)17-14(16-12)11-6-9-3-4-10(11)5-9/h7-11H,3-6H2,1-2H3. The van der Waals surface area contributed by atoms with Crippen LogP contribution in [0.5, 0.6) is 0 Å². The molecule has 0 N–H and O–H groups in total. The topological polar surface area (TPSA) is 25.8 Å². The van der Waals surface area contributed by atoms with Crippen LogP contribution in [0, 0.1) is 11.8 Å². The molecule has 2 saturated carbocycles. The summed E-state index contributed by atoms with van der Waals surface area (Å²) in [4.78, 5) is 9.21. The van der Waals surface area contributed by atoms with Crippen molar-refractivity contribution in [3.05, 3.63) is 22.7 Å². The molecule has 1 aromatic rings. The predicted molar refractivity (Wildman–Crippen MR) is 69.3 cm³/mol.